The van der Waals surface area contributed by atoms with E-state index in [1.165, 1.54) is 0 Å². The summed E-state index contributed by atoms with van der Waals surface area (Å²) in [4.78, 5) is 26.7. The zero-order valence-electron chi connectivity index (χ0n) is 17.8. The van der Waals surface area contributed by atoms with E-state index in [1.54, 1.807) is 11.3 Å². The van der Waals surface area contributed by atoms with Crippen LogP contribution >= 0.6 is 11.3 Å². The second-order valence-electron chi connectivity index (χ2n) is 7.83. The Morgan fingerprint density at radius 2 is 1.48 bits per heavy atom. The summed E-state index contributed by atoms with van der Waals surface area (Å²) in [6.45, 7) is 0.540. The Morgan fingerprint density at radius 1 is 0.818 bits per heavy atom. The first-order chi connectivity index (χ1) is 16.2. The van der Waals surface area contributed by atoms with Gasteiger partial charge >= 0.3 is 0 Å². The van der Waals surface area contributed by atoms with E-state index in [4.69, 9.17) is 4.74 Å². The highest BCUT2D eigenvalue weighted by molar-refractivity contribution is 7.09. The molecule has 2 N–H and O–H groups in total. The van der Waals surface area contributed by atoms with Gasteiger partial charge in [0.2, 0.25) is 11.8 Å². The molecule has 0 bridgehead atoms. The number of para-hydroxylation sites is 2. The van der Waals surface area contributed by atoms with Gasteiger partial charge < -0.3 is 15.4 Å². The second-order valence-corrected chi connectivity index (χ2v) is 8.86. The van der Waals surface area contributed by atoms with Crippen molar-refractivity contribution in [3.05, 3.63) is 112 Å². The van der Waals surface area contributed by atoms with Crippen LogP contribution in [0.15, 0.2) is 90.3 Å². The molecule has 0 unspecified atom stereocenters. The molecule has 0 radical (unpaired) electrons. The highest BCUT2D eigenvalue weighted by atomic mass is 32.1. The van der Waals surface area contributed by atoms with Crippen LogP contribution in [-0.2, 0) is 22.6 Å². The highest BCUT2D eigenvalue weighted by Crippen LogP contribution is 2.44. The minimum atomic E-state index is -0.464. The highest BCUT2D eigenvalue weighted by Gasteiger charge is 2.32. The maximum Gasteiger partial charge on any atom is 0.236 e. The van der Waals surface area contributed by atoms with Gasteiger partial charge in [-0.15, -0.1) is 11.3 Å². The van der Waals surface area contributed by atoms with E-state index in [9.17, 15) is 9.59 Å². The number of hydrogen-bond donors (Lipinski definition) is 2. The summed E-state index contributed by atoms with van der Waals surface area (Å²) in [7, 11) is 0. The van der Waals surface area contributed by atoms with Crippen LogP contribution in [0.4, 0.5) is 5.69 Å². The summed E-state index contributed by atoms with van der Waals surface area (Å²) in [6.07, 6.45) is 0.292. The fraction of sp³-hybridized carbons (Fsp3) is 0.111. The van der Waals surface area contributed by atoms with Crippen molar-refractivity contribution in [1.82, 2.24) is 5.32 Å². The van der Waals surface area contributed by atoms with Gasteiger partial charge in [0.1, 0.15) is 11.5 Å². The number of benzene rings is 3. The van der Waals surface area contributed by atoms with E-state index < -0.39 is 5.92 Å². The van der Waals surface area contributed by atoms with Crippen molar-refractivity contribution in [2.24, 2.45) is 0 Å². The van der Waals surface area contributed by atoms with Crippen molar-refractivity contribution >= 4 is 28.8 Å². The standard InChI is InChI=1S/C27H22N2O3S/c30-25(28-17-20-6-5-15-33-20)16-18-11-13-19(14-12-18)29-27(31)26-21-7-1-3-9-23(21)32-24-10-4-2-8-22(24)26/h1-15,26H,16-17H2,(H,28,30)(H,29,31). The molecule has 3 aromatic carbocycles. The maximum atomic E-state index is 13.3. The summed E-state index contributed by atoms with van der Waals surface area (Å²) in [5.74, 6) is 0.768. The largest absolute Gasteiger partial charge is 0.457 e. The maximum absolute atomic E-state index is 13.3. The molecule has 0 atom stereocenters. The third-order valence-electron chi connectivity index (χ3n) is 5.57. The predicted molar refractivity (Wildman–Crippen MR) is 130 cm³/mol. The molecule has 5 nitrogen and oxygen atoms in total. The fourth-order valence-corrected chi connectivity index (χ4v) is 4.60. The average Bonchev–Trinajstić information content (AvgIpc) is 3.36. The van der Waals surface area contributed by atoms with Crippen molar-refractivity contribution in [2.45, 2.75) is 18.9 Å². The fourth-order valence-electron chi connectivity index (χ4n) is 3.96. The van der Waals surface area contributed by atoms with Gasteiger partial charge in [0.05, 0.1) is 18.9 Å². The minimum absolute atomic E-state index is 0.0318. The summed E-state index contributed by atoms with van der Waals surface area (Å²) >= 11 is 1.62. The SMILES string of the molecule is O=C(Cc1ccc(NC(=O)C2c3ccccc3Oc3ccccc32)cc1)NCc1cccs1. The third kappa shape index (κ3) is 4.66. The van der Waals surface area contributed by atoms with Gasteiger partial charge in [-0.05, 0) is 41.3 Å². The lowest BCUT2D eigenvalue weighted by Crippen LogP contribution is -2.25. The summed E-state index contributed by atoms with van der Waals surface area (Å²) in [5, 5.41) is 7.95. The van der Waals surface area contributed by atoms with Crippen LogP contribution in [0.5, 0.6) is 11.5 Å². The Balaban J connectivity index is 1.26. The van der Waals surface area contributed by atoms with Crippen molar-refractivity contribution in [3.63, 3.8) is 0 Å². The number of anilines is 1. The Bertz CT molecular complexity index is 1240. The topological polar surface area (TPSA) is 67.4 Å². The van der Waals surface area contributed by atoms with Crippen LogP contribution in [-0.4, -0.2) is 11.8 Å². The Kier molecular flexibility index (Phi) is 5.91. The van der Waals surface area contributed by atoms with Crippen LogP contribution in [0.3, 0.4) is 0 Å². The number of carbonyl (C=O) groups excluding carboxylic acids is 2. The monoisotopic (exact) mass is 454 g/mol. The third-order valence-corrected chi connectivity index (χ3v) is 6.44. The van der Waals surface area contributed by atoms with Gasteiger partial charge in [0, 0.05) is 21.7 Å². The molecule has 0 saturated carbocycles. The molecule has 0 spiro atoms. The molecule has 1 aliphatic heterocycles. The number of amides is 2. The summed E-state index contributed by atoms with van der Waals surface area (Å²) in [5.41, 5.74) is 3.25. The van der Waals surface area contributed by atoms with Crippen LogP contribution < -0.4 is 15.4 Å². The number of nitrogens with one attached hydrogen (secondary N) is 2. The Morgan fingerprint density at radius 3 is 2.12 bits per heavy atom. The van der Waals surface area contributed by atoms with E-state index in [0.29, 0.717) is 30.2 Å². The molecule has 0 aliphatic carbocycles. The molecule has 164 valence electrons. The Labute approximate surface area is 196 Å². The first kappa shape index (κ1) is 21.0. The van der Waals surface area contributed by atoms with Gasteiger partial charge in [-0.25, -0.2) is 0 Å². The van der Waals surface area contributed by atoms with Gasteiger partial charge in [-0.2, -0.15) is 0 Å². The quantitative estimate of drug-likeness (QED) is 0.405. The molecule has 1 aliphatic rings. The number of rotatable bonds is 6. The molecular formula is C27H22N2O3S. The summed E-state index contributed by atoms with van der Waals surface area (Å²) in [6, 6.07) is 26.6. The molecule has 0 saturated heterocycles. The number of carbonyl (C=O) groups is 2. The zero-order chi connectivity index (χ0) is 22.6. The lowest BCUT2D eigenvalue weighted by molar-refractivity contribution is -0.120. The van der Waals surface area contributed by atoms with Crippen LogP contribution in [0, 0.1) is 0 Å². The van der Waals surface area contributed by atoms with E-state index in [-0.39, 0.29) is 11.8 Å². The van der Waals surface area contributed by atoms with Crippen LogP contribution in [0.1, 0.15) is 27.5 Å². The van der Waals surface area contributed by atoms with Crippen molar-refractivity contribution in [1.29, 1.82) is 0 Å². The lowest BCUT2D eigenvalue weighted by Gasteiger charge is -2.27. The van der Waals surface area contributed by atoms with E-state index in [1.807, 2.05) is 90.3 Å². The van der Waals surface area contributed by atoms with Gasteiger partial charge in [0.15, 0.2) is 0 Å². The number of hydrogen-bond acceptors (Lipinski definition) is 4. The molecule has 6 heteroatoms. The first-order valence-corrected chi connectivity index (χ1v) is 11.6. The smallest absolute Gasteiger partial charge is 0.236 e. The van der Waals surface area contributed by atoms with Crippen LogP contribution in [0.25, 0.3) is 0 Å². The van der Waals surface area contributed by atoms with Crippen molar-refractivity contribution in [2.75, 3.05) is 5.32 Å². The normalized spacial score (nSPS) is 12.2. The summed E-state index contributed by atoms with van der Waals surface area (Å²) < 4.78 is 5.99. The number of thiophene rings is 1. The molecule has 4 aromatic rings. The molecule has 2 amide bonds. The predicted octanol–water partition coefficient (Wildman–Crippen LogP) is 5.48. The number of fused-ring (bicyclic) bond motifs is 2. The minimum Gasteiger partial charge on any atom is -0.457 e. The molecule has 2 heterocycles. The Hall–Kier alpha value is -3.90. The van der Waals surface area contributed by atoms with Crippen molar-refractivity contribution in [3.8, 4) is 11.5 Å². The molecular weight excluding hydrogens is 432 g/mol. The number of ether oxygens (including phenoxy) is 1. The van der Waals surface area contributed by atoms with Crippen LogP contribution in [0.2, 0.25) is 0 Å². The lowest BCUT2D eigenvalue weighted by atomic mass is 9.87. The van der Waals surface area contributed by atoms with E-state index in [2.05, 4.69) is 10.6 Å². The van der Waals surface area contributed by atoms with Gasteiger partial charge in [-0.3, -0.25) is 9.59 Å². The van der Waals surface area contributed by atoms with E-state index in [0.717, 1.165) is 21.6 Å². The van der Waals surface area contributed by atoms with Gasteiger partial charge in [0.25, 0.3) is 0 Å². The average molecular weight is 455 g/mol. The molecule has 33 heavy (non-hydrogen) atoms. The molecule has 0 fully saturated rings. The van der Waals surface area contributed by atoms with Crippen molar-refractivity contribution < 1.29 is 14.3 Å². The zero-order valence-corrected chi connectivity index (χ0v) is 18.6. The van der Waals surface area contributed by atoms with Gasteiger partial charge in [-0.1, -0.05) is 54.6 Å². The molecule has 5 rings (SSSR count). The first-order valence-electron chi connectivity index (χ1n) is 10.7. The molecule has 1 aromatic heterocycles. The van der Waals surface area contributed by atoms with E-state index >= 15 is 0 Å². The second kappa shape index (κ2) is 9.30.